The van der Waals surface area contributed by atoms with Gasteiger partial charge in [0.2, 0.25) is 0 Å². The molecule has 3 nitrogen and oxygen atoms in total. The number of carbonyl (C=O) groups is 1. The molecule has 1 aromatic carbocycles. The van der Waals surface area contributed by atoms with Gasteiger partial charge < -0.3 is 4.90 Å². The van der Waals surface area contributed by atoms with E-state index in [4.69, 9.17) is 0 Å². The second-order valence-electron chi connectivity index (χ2n) is 3.51. The van der Waals surface area contributed by atoms with E-state index in [0.717, 1.165) is 5.69 Å². The summed E-state index contributed by atoms with van der Waals surface area (Å²) in [7, 11) is 1.79. The van der Waals surface area contributed by atoms with Crippen molar-refractivity contribution in [2.24, 2.45) is 0 Å². The molecule has 0 saturated carbocycles. The highest BCUT2D eigenvalue weighted by Gasteiger charge is 2.11. The normalized spacial score (nSPS) is 10.1. The Morgan fingerprint density at radius 1 is 1.38 bits per heavy atom. The molecule has 0 aliphatic carbocycles. The monoisotopic (exact) mass is 232 g/mol. The second kappa shape index (κ2) is 4.90. The summed E-state index contributed by atoms with van der Waals surface area (Å²) in [6, 6.07) is 9.27. The number of thiazole rings is 1. The summed E-state index contributed by atoms with van der Waals surface area (Å²) in [5, 5.41) is 1.95. The third-order valence-corrected chi connectivity index (χ3v) is 2.89. The Hall–Kier alpha value is -1.68. The molecule has 1 heterocycles. The number of hydrogen-bond donors (Lipinski definition) is 0. The number of hydrogen-bond acceptors (Lipinski definition) is 3. The third-order valence-electron chi connectivity index (χ3n) is 2.25. The number of benzene rings is 1. The average Bonchev–Trinajstić information content (AvgIpc) is 2.82. The van der Waals surface area contributed by atoms with E-state index in [9.17, 15) is 4.79 Å². The van der Waals surface area contributed by atoms with E-state index in [2.05, 4.69) is 4.98 Å². The van der Waals surface area contributed by atoms with Gasteiger partial charge in [0.25, 0.3) is 5.91 Å². The molecule has 0 fully saturated rings. The van der Waals surface area contributed by atoms with Crippen LogP contribution in [0.5, 0.6) is 0 Å². The molecular formula is C12H12N2OS. The Balaban J connectivity index is 2.05. The maximum absolute atomic E-state index is 12.0. The highest BCUT2D eigenvalue weighted by Crippen LogP contribution is 2.08. The first-order chi connectivity index (χ1) is 7.77. The molecule has 0 N–H and O–H groups in total. The Morgan fingerprint density at radius 3 is 2.75 bits per heavy atom. The maximum Gasteiger partial charge on any atom is 0.253 e. The Bertz CT molecular complexity index is 453. The van der Waals surface area contributed by atoms with Crippen LogP contribution in [0, 0.1) is 0 Å². The number of aromatic nitrogens is 1. The van der Waals surface area contributed by atoms with Gasteiger partial charge in [0.1, 0.15) is 0 Å². The van der Waals surface area contributed by atoms with E-state index >= 15 is 0 Å². The van der Waals surface area contributed by atoms with Gasteiger partial charge in [0, 0.05) is 18.0 Å². The van der Waals surface area contributed by atoms with Crippen LogP contribution in [0.15, 0.2) is 41.2 Å². The van der Waals surface area contributed by atoms with E-state index in [0.29, 0.717) is 12.1 Å². The van der Waals surface area contributed by atoms with E-state index in [-0.39, 0.29) is 5.91 Å². The minimum atomic E-state index is 0.0219. The lowest BCUT2D eigenvalue weighted by atomic mass is 10.2. The first-order valence-electron chi connectivity index (χ1n) is 4.95. The van der Waals surface area contributed by atoms with Crippen molar-refractivity contribution in [2.45, 2.75) is 6.54 Å². The van der Waals surface area contributed by atoms with Gasteiger partial charge in [-0.15, -0.1) is 11.3 Å². The van der Waals surface area contributed by atoms with E-state index in [1.54, 1.807) is 28.8 Å². The molecular weight excluding hydrogens is 220 g/mol. The lowest BCUT2D eigenvalue weighted by Crippen LogP contribution is -2.26. The minimum absolute atomic E-state index is 0.0219. The lowest BCUT2D eigenvalue weighted by Gasteiger charge is -2.15. The first kappa shape index (κ1) is 10.8. The summed E-state index contributed by atoms with van der Waals surface area (Å²) in [6.45, 7) is 0.553. The van der Waals surface area contributed by atoms with Crippen LogP contribution in [0.25, 0.3) is 0 Å². The van der Waals surface area contributed by atoms with Crippen LogP contribution < -0.4 is 0 Å². The minimum Gasteiger partial charge on any atom is -0.336 e. The van der Waals surface area contributed by atoms with Crippen molar-refractivity contribution < 1.29 is 4.79 Å². The van der Waals surface area contributed by atoms with Crippen molar-refractivity contribution in [3.05, 3.63) is 52.5 Å². The molecule has 0 aliphatic rings. The third kappa shape index (κ3) is 2.46. The molecule has 0 aliphatic heterocycles. The van der Waals surface area contributed by atoms with Gasteiger partial charge in [0.15, 0.2) is 0 Å². The van der Waals surface area contributed by atoms with Gasteiger partial charge in [-0.05, 0) is 12.1 Å². The molecule has 0 atom stereocenters. The van der Waals surface area contributed by atoms with Crippen LogP contribution in [0.2, 0.25) is 0 Å². The molecule has 4 heteroatoms. The Morgan fingerprint density at radius 2 is 2.12 bits per heavy atom. The summed E-state index contributed by atoms with van der Waals surface area (Å²) in [6.07, 6.45) is 0. The SMILES string of the molecule is CN(Cc1cscn1)C(=O)c1ccccc1. The molecule has 1 amide bonds. The average molecular weight is 232 g/mol. The van der Waals surface area contributed by atoms with Gasteiger partial charge in [-0.25, -0.2) is 4.98 Å². The molecule has 0 saturated heterocycles. The largest absolute Gasteiger partial charge is 0.336 e. The predicted octanol–water partition coefficient (Wildman–Crippen LogP) is 2.42. The van der Waals surface area contributed by atoms with Crippen molar-refractivity contribution in [1.29, 1.82) is 0 Å². The van der Waals surface area contributed by atoms with Crippen molar-refractivity contribution in [1.82, 2.24) is 9.88 Å². The fraction of sp³-hybridized carbons (Fsp3) is 0.167. The fourth-order valence-corrected chi connectivity index (χ4v) is 1.98. The van der Waals surface area contributed by atoms with Gasteiger partial charge in [-0.2, -0.15) is 0 Å². The molecule has 82 valence electrons. The van der Waals surface area contributed by atoms with Crippen LogP contribution in [0.3, 0.4) is 0 Å². The van der Waals surface area contributed by atoms with E-state index < -0.39 is 0 Å². The van der Waals surface area contributed by atoms with E-state index in [1.165, 1.54) is 0 Å². The Labute approximate surface area is 98.4 Å². The van der Waals surface area contributed by atoms with Crippen molar-refractivity contribution in [3.63, 3.8) is 0 Å². The molecule has 1 aromatic heterocycles. The molecule has 16 heavy (non-hydrogen) atoms. The number of rotatable bonds is 3. The molecule has 2 aromatic rings. The highest BCUT2D eigenvalue weighted by molar-refractivity contribution is 7.07. The van der Waals surface area contributed by atoms with Crippen LogP contribution >= 0.6 is 11.3 Å². The fourth-order valence-electron chi connectivity index (χ4n) is 1.43. The number of amides is 1. The zero-order valence-corrected chi connectivity index (χ0v) is 9.78. The van der Waals surface area contributed by atoms with Crippen LogP contribution in [-0.2, 0) is 6.54 Å². The van der Waals surface area contributed by atoms with Crippen molar-refractivity contribution in [2.75, 3.05) is 7.05 Å². The molecule has 0 bridgehead atoms. The van der Waals surface area contributed by atoms with Gasteiger partial charge in [-0.3, -0.25) is 4.79 Å². The summed E-state index contributed by atoms with van der Waals surface area (Å²) < 4.78 is 0. The van der Waals surface area contributed by atoms with Crippen molar-refractivity contribution >= 4 is 17.2 Å². The van der Waals surface area contributed by atoms with Crippen LogP contribution in [0.4, 0.5) is 0 Å². The summed E-state index contributed by atoms with van der Waals surface area (Å²) in [5.74, 6) is 0.0219. The zero-order chi connectivity index (χ0) is 11.4. The highest BCUT2D eigenvalue weighted by atomic mass is 32.1. The smallest absolute Gasteiger partial charge is 0.253 e. The maximum atomic E-state index is 12.0. The summed E-state index contributed by atoms with van der Waals surface area (Å²) in [4.78, 5) is 17.8. The van der Waals surface area contributed by atoms with Crippen LogP contribution in [-0.4, -0.2) is 22.8 Å². The number of nitrogens with zero attached hydrogens (tertiary/aromatic N) is 2. The molecule has 2 rings (SSSR count). The number of carbonyl (C=O) groups excluding carboxylic acids is 1. The van der Waals surface area contributed by atoms with Gasteiger partial charge >= 0.3 is 0 Å². The van der Waals surface area contributed by atoms with Crippen molar-refractivity contribution in [3.8, 4) is 0 Å². The lowest BCUT2D eigenvalue weighted by molar-refractivity contribution is 0.0783. The molecule has 0 unspecified atom stereocenters. The topological polar surface area (TPSA) is 33.2 Å². The summed E-state index contributed by atoms with van der Waals surface area (Å²) >= 11 is 1.54. The predicted molar refractivity (Wildman–Crippen MR) is 64.4 cm³/mol. The zero-order valence-electron chi connectivity index (χ0n) is 8.96. The molecule has 0 radical (unpaired) electrons. The van der Waals surface area contributed by atoms with Gasteiger partial charge in [-0.1, -0.05) is 18.2 Å². The summed E-state index contributed by atoms with van der Waals surface area (Å²) in [5.41, 5.74) is 3.41. The van der Waals surface area contributed by atoms with E-state index in [1.807, 2.05) is 35.7 Å². The quantitative estimate of drug-likeness (QED) is 0.814. The van der Waals surface area contributed by atoms with Gasteiger partial charge in [0.05, 0.1) is 17.7 Å². The standard InChI is InChI=1S/C12H12N2OS/c1-14(7-11-8-16-9-13-11)12(15)10-5-3-2-4-6-10/h2-6,8-9H,7H2,1H3. The second-order valence-corrected chi connectivity index (χ2v) is 4.23. The first-order valence-corrected chi connectivity index (χ1v) is 5.89. The molecule has 0 spiro atoms. The van der Waals surface area contributed by atoms with Crippen LogP contribution in [0.1, 0.15) is 16.1 Å². The Kier molecular flexibility index (Phi) is 3.31.